The average Bonchev–Trinajstić information content (AvgIpc) is 3.47. The van der Waals surface area contributed by atoms with E-state index >= 15 is 0 Å². The van der Waals surface area contributed by atoms with Crippen molar-refractivity contribution in [3.63, 3.8) is 0 Å². The highest BCUT2D eigenvalue weighted by molar-refractivity contribution is 7.13. The molecule has 8 nitrogen and oxygen atoms in total. The zero-order valence-corrected chi connectivity index (χ0v) is 17.1. The van der Waals surface area contributed by atoms with Crippen LogP contribution >= 0.6 is 11.3 Å². The molecule has 0 saturated carbocycles. The van der Waals surface area contributed by atoms with Crippen LogP contribution in [-0.4, -0.2) is 60.6 Å². The van der Waals surface area contributed by atoms with Gasteiger partial charge in [0.1, 0.15) is 6.10 Å². The molecule has 154 valence electrons. The number of nitrogens with two attached hydrogens (primary N) is 1. The topological polar surface area (TPSA) is 96.1 Å². The molecule has 2 aliphatic heterocycles. The molecule has 4 rings (SSSR count). The summed E-state index contributed by atoms with van der Waals surface area (Å²) in [7, 11) is 0. The number of piperazine rings is 1. The fourth-order valence-electron chi connectivity index (χ4n) is 3.53. The maximum atomic E-state index is 12.2. The zero-order chi connectivity index (χ0) is 20.1. The first-order chi connectivity index (χ1) is 14.2. The number of carbonyl (C=O) groups excluding carboxylic acids is 1. The summed E-state index contributed by atoms with van der Waals surface area (Å²) in [4.78, 5) is 25.5. The Morgan fingerprint density at radius 3 is 2.93 bits per heavy atom. The number of benzene rings is 1. The van der Waals surface area contributed by atoms with Crippen LogP contribution in [0.3, 0.4) is 0 Å². The first-order valence-corrected chi connectivity index (χ1v) is 10.8. The quantitative estimate of drug-likeness (QED) is 0.573. The number of aliphatic imine (C=N–C) groups is 1. The first kappa shape index (κ1) is 19.7. The van der Waals surface area contributed by atoms with Gasteiger partial charge in [0.2, 0.25) is 0 Å². The summed E-state index contributed by atoms with van der Waals surface area (Å²) in [5.74, 6) is 0.471. The van der Waals surface area contributed by atoms with Crippen molar-refractivity contribution >= 4 is 34.0 Å². The number of carbonyl (C=O) groups is 1. The van der Waals surface area contributed by atoms with Crippen molar-refractivity contribution in [2.75, 3.05) is 43.0 Å². The monoisotopic (exact) mass is 414 g/mol. The van der Waals surface area contributed by atoms with Crippen molar-refractivity contribution in [2.45, 2.75) is 25.5 Å². The Balaban J connectivity index is 1.30. The van der Waals surface area contributed by atoms with E-state index in [1.165, 1.54) is 0 Å². The molecule has 1 unspecified atom stereocenters. The van der Waals surface area contributed by atoms with Gasteiger partial charge in [-0.3, -0.25) is 4.79 Å². The van der Waals surface area contributed by atoms with Crippen LogP contribution in [0.25, 0.3) is 0 Å². The van der Waals surface area contributed by atoms with E-state index in [0.717, 1.165) is 55.4 Å². The molecule has 1 amide bonds. The summed E-state index contributed by atoms with van der Waals surface area (Å²) in [5, 5.41) is 5.98. The standard InChI is InChI=1S/C20H26N6O2S/c21-19(25-7-9-26(10-8-25)20-22-6-12-29-20)23-14-15-3-1-4-16(13-15)24-18(27)17-5-2-11-28-17/h1,3-4,6,12-13,17H,2,5,7-11,14H2,(H2,21,23)(H,24,27). The number of amides is 1. The van der Waals surface area contributed by atoms with Crippen LogP contribution in [0.15, 0.2) is 40.8 Å². The highest BCUT2D eigenvalue weighted by Gasteiger charge is 2.23. The Bertz CT molecular complexity index is 842. The Kier molecular flexibility index (Phi) is 6.26. The summed E-state index contributed by atoms with van der Waals surface area (Å²) >= 11 is 1.66. The lowest BCUT2D eigenvalue weighted by Gasteiger charge is -2.35. The number of hydrogen-bond donors (Lipinski definition) is 2. The summed E-state index contributed by atoms with van der Waals surface area (Å²) in [6.45, 7) is 4.55. The molecular weight excluding hydrogens is 388 g/mol. The number of hydrogen-bond acceptors (Lipinski definition) is 6. The third kappa shape index (κ3) is 5.04. The summed E-state index contributed by atoms with van der Waals surface area (Å²) in [5.41, 5.74) is 7.98. The summed E-state index contributed by atoms with van der Waals surface area (Å²) in [6.07, 6.45) is 3.21. The highest BCUT2D eigenvalue weighted by atomic mass is 32.1. The normalized spacial score (nSPS) is 20.1. The molecular formula is C20H26N6O2S. The number of anilines is 2. The maximum Gasteiger partial charge on any atom is 0.253 e. The number of guanidine groups is 1. The van der Waals surface area contributed by atoms with Gasteiger partial charge in [-0.15, -0.1) is 11.3 Å². The number of thiazole rings is 1. The minimum absolute atomic E-state index is 0.0826. The molecule has 0 bridgehead atoms. The van der Waals surface area contributed by atoms with Gasteiger partial charge in [-0.05, 0) is 30.5 Å². The first-order valence-electron chi connectivity index (χ1n) is 9.90. The van der Waals surface area contributed by atoms with E-state index < -0.39 is 0 Å². The van der Waals surface area contributed by atoms with Crippen LogP contribution in [0.4, 0.5) is 10.8 Å². The van der Waals surface area contributed by atoms with Gasteiger partial charge in [-0.1, -0.05) is 12.1 Å². The van der Waals surface area contributed by atoms with Crippen LogP contribution in [0, 0.1) is 0 Å². The Labute approximate surface area is 174 Å². The predicted molar refractivity (Wildman–Crippen MR) is 115 cm³/mol. The molecule has 2 fully saturated rings. The molecule has 2 saturated heterocycles. The molecule has 1 atom stereocenters. The van der Waals surface area contributed by atoms with E-state index in [1.54, 1.807) is 11.3 Å². The third-order valence-electron chi connectivity index (χ3n) is 5.13. The van der Waals surface area contributed by atoms with Crippen molar-refractivity contribution in [3.8, 4) is 0 Å². The Hall–Kier alpha value is -2.65. The molecule has 3 heterocycles. The van der Waals surface area contributed by atoms with E-state index in [2.05, 4.69) is 25.1 Å². The van der Waals surface area contributed by atoms with Crippen molar-refractivity contribution in [1.82, 2.24) is 9.88 Å². The minimum Gasteiger partial charge on any atom is -0.370 e. The lowest BCUT2D eigenvalue weighted by molar-refractivity contribution is -0.124. The van der Waals surface area contributed by atoms with Crippen molar-refractivity contribution < 1.29 is 9.53 Å². The summed E-state index contributed by atoms with van der Waals surface area (Å²) < 4.78 is 5.43. The largest absolute Gasteiger partial charge is 0.370 e. The van der Waals surface area contributed by atoms with E-state index in [-0.39, 0.29) is 12.0 Å². The zero-order valence-electron chi connectivity index (χ0n) is 16.3. The van der Waals surface area contributed by atoms with Crippen LogP contribution < -0.4 is 16.0 Å². The SMILES string of the molecule is NC(=NCc1cccc(NC(=O)C2CCCO2)c1)N1CCN(c2nccs2)CC1. The van der Waals surface area contributed by atoms with Crippen LogP contribution in [-0.2, 0) is 16.1 Å². The van der Waals surface area contributed by atoms with Gasteiger partial charge in [0.15, 0.2) is 11.1 Å². The van der Waals surface area contributed by atoms with Gasteiger partial charge in [0.05, 0.1) is 6.54 Å². The number of nitrogens with zero attached hydrogens (tertiary/aromatic N) is 4. The third-order valence-corrected chi connectivity index (χ3v) is 5.97. The average molecular weight is 415 g/mol. The number of ether oxygens (including phenoxy) is 1. The van der Waals surface area contributed by atoms with E-state index in [0.29, 0.717) is 19.1 Å². The predicted octanol–water partition coefficient (Wildman–Crippen LogP) is 1.90. The molecule has 3 N–H and O–H groups in total. The number of rotatable bonds is 5. The molecule has 1 aromatic heterocycles. The second-order valence-corrected chi connectivity index (χ2v) is 8.03. The van der Waals surface area contributed by atoms with E-state index in [1.807, 2.05) is 35.8 Å². The molecule has 0 aliphatic carbocycles. The molecule has 2 aromatic rings. The maximum absolute atomic E-state index is 12.2. The smallest absolute Gasteiger partial charge is 0.253 e. The van der Waals surface area contributed by atoms with Crippen molar-refractivity contribution in [3.05, 3.63) is 41.4 Å². The van der Waals surface area contributed by atoms with Gasteiger partial charge in [0.25, 0.3) is 5.91 Å². The van der Waals surface area contributed by atoms with Crippen LogP contribution in [0.1, 0.15) is 18.4 Å². The fourth-order valence-corrected chi connectivity index (χ4v) is 4.22. The van der Waals surface area contributed by atoms with E-state index in [9.17, 15) is 4.79 Å². The molecule has 29 heavy (non-hydrogen) atoms. The molecule has 2 aliphatic rings. The van der Waals surface area contributed by atoms with Gasteiger partial charge in [-0.2, -0.15) is 0 Å². The minimum atomic E-state index is -0.338. The van der Waals surface area contributed by atoms with Gasteiger partial charge in [-0.25, -0.2) is 9.98 Å². The number of nitrogens with one attached hydrogen (secondary N) is 1. The molecule has 9 heteroatoms. The van der Waals surface area contributed by atoms with E-state index in [4.69, 9.17) is 10.5 Å². The molecule has 1 aromatic carbocycles. The molecule has 0 spiro atoms. The Morgan fingerprint density at radius 2 is 2.21 bits per heavy atom. The fraction of sp³-hybridized carbons (Fsp3) is 0.450. The second kappa shape index (κ2) is 9.23. The lowest BCUT2D eigenvalue weighted by atomic mass is 10.2. The van der Waals surface area contributed by atoms with Gasteiger partial charge in [0, 0.05) is 50.1 Å². The highest BCUT2D eigenvalue weighted by Crippen LogP contribution is 2.19. The van der Waals surface area contributed by atoms with Gasteiger partial charge >= 0.3 is 0 Å². The Morgan fingerprint density at radius 1 is 1.34 bits per heavy atom. The van der Waals surface area contributed by atoms with Crippen molar-refractivity contribution in [2.24, 2.45) is 10.7 Å². The van der Waals surface area contributed by atoms with Crippen LogP contribution in [0.2, 0.25) is 0 Å². The molecule has 0 radical (unpaired) electrons. The number of aromatic nitrogens is 1. The van der Waals surface area contributed by atoms with Crippen LogP contribution in [0.5, 0.6) is 0 Å². The van der Waals surface area contributed by atoms with Gasteiger partial charge < -0.3 is 25.6 Å². The lowest BCUT2D eigenvalue weighted by Crippen LogP contribution is -2.51. The summed E-state index contributed by atoms with van der Waals surface area (Å²) in [6, 6.07) is 7.71. The second-order valence-electron chi connectivity index (χ2n) is 7.15. The van der Waals surface area contributed by atoms with Crippen molar-refractivity contribution in [1.29, 1.82) is 0 Å².